The Morgan fingerprint density at radius 2 is 1.77 bits per heavy atom. The van der Waals surface area contributed by atoms with E-state index in [-0.39, 0.29) is 11.4 Å². The lowest BCUT2D eigenvalue weighted by molar-refractivity contribution is 0.626. The lowest BCUT2D eigenvalue weighted by Gasteiger charge is -2.11. The van der Waals surface area contributed by atoms with Crippen LogP contribution in [0.25, 0.3) is 0 Å². The van der Waals surface area contributed by atoms with Gasteiger partial charge in [-0.3, -0.25) is 0 Å². The molecule has 0 saturated heterocycles. The molecule has 1 N–H and O–H groups in total. The van der Waals surface area contributed by atoms with Crippen molar-refractivity contribution in [2.45, 2.75) is 5.75 Å². The number of halogens is 1. The van der Waals surface area contributed by atoms with Crippen LogP contribution in [0, 0.1) is 28.5 Å². The summed E-state index contributed by atoms with van der Waals surface area (Å²) in [6.45, 7) is 0. The molecule has 2 aromatic rings. The van der Waals surface area contributed by atoms with Gasteiger partial charge >= 0.3 is 0 Å². The molecule has 0 unspecified atom stereocenters. The standard InChI is InChI=1S/C17H12FN3S/c18-15-6-4-5-13(9-15)12-22-17(14(10-19)11-20)21-16-7-2-1-3-8-16/h1-9,21H,12H2. The van der Waals surface area contributed by atoms with Gasteiger partial charge in [-0.25, -0.2) is 4.39 Å². The van der Waals surface area contributed by atoms with Gasteiger partial charge in [-0.05, 0) is 29.8 Å². The first-order chi connectivity index (χ1) is 10.7. The molecule has 108 valence electrons. The molecule has 0 bridgehead atoms. The zero-order valence-electron chi connectivity index (χ0n) is 11.6. The predicted octanol–water partition coefficient (Wildman–Crippen LogP) is 4.43. The van der Waals surface area contributed by atoms with Crippen LogP contribution in [0.1, 0.15) is 5.56 Å². The van der Waals surface area contributed by atoms with Crippen molar-refractivity contribution in [3.8, 4) is 12.1 Å². The number of thioether (sulfide) groups is 1. The lowest BCUT2D eigenvalue weighted by atomic mass is 10.2. The number of anilines is 1. The highest BCUT2D eigenvalue weighted by molar-refractivity contribution is 8.02. The molecule has 0 spiro atoms. The van der Waals surface area contributed by atoms with E-state index in [0.29, 0.717) is 10.8 Å². The van der Waals surface area contributed by atoms with Crippen LogP contribution < -0.4 is 5.32 Å². The molecule has 0 radical (unpaired) electrons. The summed E-state index contributed by atoms with van der Waals surface area (Å²) in [5.41, 5.74) is 1.57. The quantitative estimate of drug-likeness (QED) is 0.830. The highest BCUT2D eigenvalue weighted by Crippen LogP contribution is 2.26. The van der Waals surface area contributed by atoms with E-state index < -0.39 is 0 Å². The van der Waals surface area contributed by atoms with E-state index >= 15 is 0 Å². The van der Waals surface area contributed by atoms with Crippen LogP contribution in [0.15, 0.2) is 65.2 Å². The number of hydrogen-bond donors (Lipinski definition) is 1. The summed E-state index contributed by atoms with van der Waals surface area (Å²) in [4.78, 5) is 0. The molecular weight excluding hydrogens is 297 g/mol. The molecule has 0 atom stereocenters. The van der Waals surface area contributed by atoms with Gasteiger partial charge in [-0.15, -0.1) is 11.8 Å². The summed E-state index contributed by atoms with van der Waals surface area (Å²) in [6, 6.07) is 19.3. The lowest BCUT2D eigenvalue weighted by Crippen LogP contribution is -2.00. The predicted molar refractivity (Wildman–Crippen MR) is 86.0 cm³/mol. The van der Waals surface area contributed by atoms with Crippen LogP contribution in [0.5, 0.6) is 0 Å². The number of allylic oxidation sites excluding steroid dienone is 1. The monoisotopic (exact) mass is 309 g/mol. The van der Waals surface area contributed by atoms with Crippen LogP contribution in [0.2, 0.25) is 0 Å². The number of nitrogens with zero attached hydrogens (tertiary/aromatic N) is 2. The Kier molecular flexibility index (Phi) is 5.59. The molecule has 2 rings (SSSR count). The summed E-state index contributed by atoms with van der Waals surface area (Å²) >= 11 is 1.29. The fraction of sp³-hybridized carbons (Fsp3) is 0.0588. The molecule has 0 aliphatic rings. The first kappa shape index (κ1) is 15.6. The highest BCUT2D eigenvalue weighted by Gasteiger charge is 2.08. The van der Waals surface area contributed by atoms with E-state index in [1.165, 1.54) is 23.9 Å². The maximum absolute atomic E-state index is 13.2. The fourth-order valence-electron chi connectivity index (χ4n) is 1.73. The topological polar surface area (TPSA) is 59.6 Å². The normalized spacial score (nSPS) is 9.41. The van der Waals surface area contributed by atoms with E-state index in [2.05, 4.69) is 5.32 Å². The molecule has 0 aromatic heterocycles. The summed E-state index contributed by atoms with van der Waals surface area (Å²) in [7, 11) is 0. The van der Waals surface area contributed by atoms with Gasteiger partial charge in [-0.2, -0.15) is 10.5 Å². The molecule has 3 nitrogen and oxygen atoms in total. The van der Waals surface area contributed by atoms with Crippen LogP contribution in [-0.4, -0.2) is 0 Å². The molecular formula is C17H12FN3S. The van der Waals surface area contributed by atoms with Crippen molar-refractivity contribution < 1.29 is 4.39 Å². The summed E-state index contributed by atoms with van der Waals surface area (Å²) in [5.74, 6) is 0.153. The van der Waals surface area contributed by atoms with E-state index in [1.807, 2.05) is 42.5 Å². The second-order valence-electron chi connectivity index (χ2n) is 4.34. The second kappa shape index (κ2) is 7.87. The van der Waals surface area contributed by atoms with Crippen molar-refractivity contribution >= 4 is 17.4 Å². The molecule has 0 saturated carbocycles. The molecule has 5 heteroatoms. The minimum absolute atomic E-state index is 0.00487. The van der Waals surface area contributed by atoms with E-state index in [1.54, 1.807) is 12.1 Å². The van der Waals surface area contributed by atoms with Crippen molar-refractivity contribution in [1.82, 2.24) is 0 Å². The Morgan fingerprint density at radius 3 is 2.41 bits per heavy atom. The van der Waals surface area contributed by atoms with Gasteiger partial charge in [0, 0.05) is 11.4 Å². The Bertz CT molecular complexity index is 741. The third-order valence-corrected chi connectivity index (χ3v) is 3.83. The van der Waals surface area contributed by atoms with Gasteiger partial charge < -0.3 is 5.32 Å². The van der Waals surface area contributed by atoms with Crippen molar-refractivity contribution in [3.05, 3.63) is 76.6 Å². The zero-order chi connectivity index (χ0) is 15.8. The number of rotatable bonds is 5. The van der Waals surface area contributed by atoms with Crippen molar-refractivity contribution in [3.63, 3.8) is 0 Å². The molecule has 0 fully saturated rings. The minimum atomic E-state index is -0.305. The summed E-state index contributed by atoms with van der Waals surface area (Å²) in [5, 5.41) is 21.7. The van der Waals surface area contributed by atoms with Crippen molar-refractivity contribution in [2.24, 2.45) is 0 Å². The summed E-state index contributed by atoms with van der Waals surface area (Å²) in [6.07, 6.45) is 0. The first-order valence-electron chi connectivity index (χ1n) is 6.46. The molecule has 2 aromatic carbocycles. The first-order valence-corrected chi connectivity index (χ1v) is 7.45. The third kappa shape index (κ3) is 4.37. The van der Waals surface area contributed by atoms with Gasteiger partial charge in [0.25, 0.3) is 0 Å². The van der Waals surface area contributed by atoms with Crippen LogP contribution in [0.4, 0.5) is 10.1 Å². The SMILES string of the molecule is N#CC(C#N)=C(Nc1ccccc1)SCc1cccc(F)c1. The van der Waals surface area contributed by atoms with Crippen LogP contribution >= 0.6 is 11.8 Å². The van der Waals surface area contributed by atoms with E-state index in [4.69, 9.17) is 10.5 Å². The number of nitrogens with one attached hydrogen (secondary N) is 1. The Labute approximate surface area is 132 Å². The average molecular weight is 309 g/mol. The number of hydrogen-bond acceptors (Lipinski definition) is 4. The zero-order valence-corrected chi connectivity index (χ0v) is 12.4. The Balaban J connectivity index is 2.18. The maximum atomic E-state index is 13.2. The average Bonchev–Trinajstić information content (AvgIpc) is 2.54. The molecule has 22 heavy (non-hydrogen) atoms. The van der Waals surface area contributed by atoms with Gasteiger partial charge in [-0.1, -0.05) is 30.3 Å². The number of nitriles is 2. The maximum Gasteiger partial charge on any atom is 0.159 e. The summed E-state index contributed by atoms with van der Waals surface area (Å²) < 4.78 is 13.2. The van der Waals surface area contributed by atoms with Gasteiger partial charge in [0.15, 0.2) is 5.57 Å². The number of para-hydroxylation sites is 1. The molecule has 0 heterocycles. The van der Waals surface area contributed by atoms with Gasteiger partial charge in [0.1, 0.15) is 23.0 Å². The molecule has 0 amide bonds. The number of benzene rings is 2. The van der Waals surface area contributed by atoms with Crippen molar-refractivity contribution in [1.29, 1.82) is 10.5 Å². The third-order valence-electron chi connectivity index (χ3n) is 2.75. The van der Waals surface area contributed by atoms with Gasteiger partial charge in [0.05, 0.1) is 0 Å². The fourth-order valence-corrected chi connectivity index (χ4v) is 2.65. The van der Waals surface area contributed by atoms with E-state index in [0.717, 1.165) is 11.3 Å². The van der Waals surface area contributed by atoms with Crippen molar-refractivity contribution in [2.75, 3.05) is 5.32 Å². The van der Waals surface area contributed by atoms with Crippen LogP contribution in [0.3, 0.4) is 0 Å². The molecule has 0 aliphatic carbocycles. The van der Waals surface area contributed by atoms with Crippen LogP contribution in [-0.2, 0) is 5.75 Å². The second-order valence-corrected chi connectivity index (χ2v) is 5.32. The highest BCUT2D eigenvalue weighted by atomic mass is 32.2. The van der Waals surface area contributed by atoms with E-state index in [9.17, 15) is 4.39 Å². The Hall–Kier alpha value is -2.76. The van der Waals surface area contributed by atoms with Gasteiger partial charge in [0.2, 0.25) is 0 Å². The smallest absolute Gasteiger partial charge is 0.159 e. The Morgan fingerprint density at radius 1 is 1.05 bits per heavy atom. The largest absolute Gasteiger partial charge is 0.349 e. The molecule has 0 aliphatic heterocycles. The minimum Gasteiger partial charge on any atom is -0.349 e.